The maximum atomic E-state index is 12.7. The second-order valence-corrected chi connectivity index (χ2v) is 21.0. The second-order valence-electron chi connectivity index (χ2n) is 19.6. The maximum Gasteiger partial charge on any atom is 0.306 e. The van der Waals surface area contributed by atoms with Crippen LogP contribution in [-0.2, 0) is 32.7 Å². The lowest BCUT2D eigenvalue weighted by molar-refractivity contribution is -0.870. The van der Waals surface area contributed by atoms with Crippen molar-refractivity contribution in [2.75, 3.05) is 47.5 Å². The lowest BCUT2D eigenvalue weighted by Gasteiger charge is -2.28. The minimum absolute atomic E-state index is 0.0252. The molecule has 0 rings (SSSR count). The van der Waals surface area contributed by atoms with Crippen molar-refractivity contribution in [1.82, 2.24) is 0 Å². The van der Waals surface area contributed by atoms with Gasteiger partial charge in [-0.05, 0) is 12.8 Å². The van der Waals surface area contributed by atoms with E-state index in [0.717, 1.165) is 32.1 Å². The molecule has 0 fully saturated rings. The Hall–Kier alpha value is -0.990. The number of phosphoric acid groups is 1. The first-order chi connectivity index (χ1) is 30.0. The second kappa shape index (κ2) is 45.2. The van der Waals surface area contributed by atoms with Crippen molar-refractivity contribution in [2.24, 2.45) is 0 Å². The van der Waals surface area contributed by atoms with Crippen molar-refractivity contribution >= 4 is 19.8 Å². The van der Waals surface area contributed by atoms with Crippen molar-refractivity contribution in [3.63, 3.8) is 0 Å². The van der Waals surface area contributed by atoms with E-state index < -0.39 is 26.5 Å². The number of unbranched alkanes of at least 4 members (excludes halogenated alkanes) is 36. The SMILES string of the molecule is CCCCCCCCCCCCCCCCCCCCCCC(=O)OC[C@H](COP(=O)([O-])OCC[N+](C)(C)C)OC(=O)CCCCCCCCCCCCCCCCCCCC. The minimum atomic E-state index is -4.62. The highest BCUT2D eigenvalue weighted by Gasteiger charge is 2.21. The summed E-state index contributed by atoms with van der Waals surface area (Å²) in [5.41, 5.74) is 0. The van der Waals surface area contributed by atoms with E-state index >= 15 is 0 Å². The highest BCUT2D eigenvalue weighted by Crippen LogP contribution is 2.38. The molecule has 1 unspecified atom stereocenters. The Morgan fingerprint density at radius 3 is 1.03 bits per heavy atom. The molecule has 0 aliphatic rings. The van der Waals surface area contributed by atoms with Crippen molar-refractivity contribution in [1.29, 1.82) is 0 Å². The lowest BCUT2D eigenvalue weighted by atomic mass is 10.0. The molecule has 0 amide bonds. The van der Waals surface area contributed by atoms with Crippen molar-refractivity contribution in [2.45, 2.75) is 277 Å². The van der Waals surface area contributed by atoms with Crippen LogP contribution in [0.25, 0.3) is 0 Å². The molecule has 0 aliphatic carbocycles. The number of rotatable bonds is 50. The number of hydrogen-bond donors (Lipinski definition) is 0. The number of ether oxygens (including phenoxy) is 2. The van der Waals surface area contributed by atoms with E-state index in [1.54, 1.807) is 0 Å². The predicted octanol–water partition coefficient (Wildman–Crippen LogP) is 15.3. The summed E-state index contributed by atoms with van der Waals surface area (Å²) in [5.74, 6) is -0.812. The van der Waals surface area contributed by atoms with E-state index in [4.69, 9.17) is 18.5 Å². The molecule has 0 aromatic carbocycles. The topological polar surface area (TPSA) is 111 Å². The molecule has 0 aliphatic heterocycles. The van der Waals surface area contributed by atoms with E-state index in [1.807, 2.05) is 21.1 Å². The molecule has 62 heavy (non-hydrogen) atoms. The van der Waals surface area contributed by atoms with Crippen LogP contribution >= 0.6 is 7.82 Å². The molecule has 0 spiro atoms. The molecule has 0 radical (unpaired) electrons. The van der Waals surface area contributed by atoms with E-state index in [2.05, 4.69) is 13.8 Å². The van der Waals surface area contributed by atoms with Gasteiger partial charge in [-0.1, -0.05) is 245 Å². The van der Waals surface area contributed by atoms with Gasteiger partial charge in [0.2, 0.25) is 0 Å². The van der Waals surface area contributed by atoms with Gasteiger partial charge in [-0.15, -0.1) is 0 Å². The Labute approximate surface area is 384 Å². The van der Waals surface area contributed by atoms with E-state index in [9.17, 15) is 19.0 Å². The average Bonchev–Trinajstić information content (AvgIpc) is 3.23. The van der Waals surface area contributed by atoms with Gasteiger partial charge in [0.05, 0.1) is 27.7 Å². The van der Waals surface area contributed by atoms with Crippen molar-refractivity contribution in [3.8, 4) is 0 Å². The molecule has 10 heteroatoms. The maximum absolute atomic E-state index is 12.7. The molecule has 0 heterocycles. The molecule has 0 aromatic heterocycles. The van der Waals surface area contributed by atoms with Gasteiger partial charge in [0.25, 0.3) is 7.82 Å². The summed E-state index contributed by atoms with van der Waals surface area (Å²) in [4.78, 5) is 37.7. The minimum Gasteiger partial charge on any atom is -0.756 e. The Balaban J connectivity index is 4.17. The number of nitrogens with zero attached hydrogens (tertiary/aromatic N) is 1. The molecule has 0 aromatic rings. The van der Waals surface area contributed by atoms with Crippen LogP contribution in [0.3, 0.4) is 0 Å². The molecule has 0 bridgehead atoms. The fraction of sp³-hybridized carbons (Fsp3) is 0.962. The van der Waals surface area contributed by atoms with E-state index in [0.29, 0.717) is 17.4 Å². The summed E-state index contributed by atoms with van der Waals surface area (Å²) in [7, 11) is 1.19. The first kappa shape index (κ1) is 61.0. The molecule has 370 valence electrons. The Morgan fingerprint density at radius 2 is 0.726 bits per heavy atom. The monoisotopic (exact) mass is 902 g/mol. The van der Waals surface area contributed by atoms with Gasteiger partial charge in [0, 0.05) is 12.8 Å². The number of quaternary nitrogens is 1. The number of likely N-dealkylation sites (N-methyl/N-ethyl adjacent to an activating group) is 1. The van der Waals surface area contributed by atoms with Gasteiger partial charge in [-0.2, -0.15) is 0 Å². The summed E-state index contributed by atoms with van der Waals surface area (Å²) in [6, 6.07) is 0. The van der Waals surface area contributed by atoms with Gasteiger partial charge in [0.1, 0.15) is 19.8 Å². The normalized spacial score (nSPS) is 13.3. The van der Waals surface area contributed by atoms with Gasteiger partial charge in [-0.25, -0.2) is 0 Å². The van der Waals surface area contributed by atoms with Crippen LogP contribution in [0.15, 0.2) is 0 Å². The standard InChI is InChI=1S/C52H104NO8P/c1-6-8-10-12-14-16-18-20-22-24-26-27-29-30-32-34-36-38-40-42-44-51(54)58-48-50(49-60-62(56,57)59-47-46-53(3,4)5)61-52(55)45-43-41-39-37-35-33-31-28-25-23-21-19-17-15-13-11-9-7-2/h50H,6-49H2,1-5H3/t50-/m1/s1. The molecule has 0 saturated heterocycles. The van der Waals surface area contributed by atoms with Crippen molar-refractivity contribution in [3.05, 3.63) is 0 Å². The molecular weight excluding hydrogens is 798 g/mol. The Kier molecular flexibility index (Phi) is 44.5. The van der Waals surface area contributed by atoms with Gasteiger partial charge >= 0.3 is 11.9 Å². The molecule has 0 N–H and O–H groups in total. The van der Waals surface area contributed by atoms with Crippen LogP contribution in [-0.4, -0.2) is 70.0 Å². The molecular formula is C52H104NO8P. The van der Waals surface area contributed by atoms with Crippen LogP contribution in [0.4, 0.5) is 0 Å². The fourth-order valence-electron chi connectivity index (χ4n) is 7.95. The van der Waals surface area contributed by atoms with Crippen LogP contribution in [0, 0.1) is 0 Å². The average molecular weight is 902 g/mol. The zero-order chi connectivity index (χ0) is 45.7. The summed E-state index contributed by atoms with van der Waals surface area (Å²) in [5, 5.41) is 0. The first-order valence-electron chi connectivity index (χ1n) is 26.7. The zero-order valence-electron chi connectivity index (χ0n) is 41.9. The van der Waals surface area contributed by atoms with Crippen LogP contribution in [0.5, 0.6) is 0 Å². The zero-order valence-corrected chi connectivity index (χ0v) is 42.7. The van der Waals surface area contributed by atoms with Gasteiger partial charge in [-0.3, -0.25) is 14.2 Å². The van der Waals surface area contributed by atoms with Crippen LogP contribution in [0.2, 0.25) is 0 Å². The number of phosphoric ester groups is 1. The first-order valence-corrected chi connectivity index (χ1v) is 28.2. The molecule has 2 atom stereocenters. The fourth-order valence-corrected chi connectivity index (χ4v) is 8.68. The van der Waals surface area contributed by atoms with E-state index in [1.165, 1.54) is 205 Å². The number of carbonyl (C=O) groups excluding carboxylic acids is 2. The summed E-state index contributed by atoms with van der Waals surface area (Å²) >= 11 is 0. The third-order valence-electron chi connectivity index (χ3n) is 12.1. The summed E-state index contributed by atoms with van der Waals surface area (Å²) in [6.45, 7) is 4.30. The lowest BCUT2D eigenvalue weighted by Crippen LogP contribution is -2.37. The number of hydrogen-bond acceptors (Lipinski definition) is 8. The third kappa shape index (κ3) is 48.5. The van der Waals surface area contributed by atoms with Gasteiger partial charge < -0.3 is 27.9 Å². The largest absolute Gasteiger partial charge is 0.756 e. The Morgan fingerprint density at radius 1 is 0.435 bits per heavy atom. The number of esters is 2. The summed E-state index contributed by atoms with van der Waals surface area (Å²) in [6.07, 6.45) is 48.5. The van der Waals surface area contributed by atoms with Crippen LogP contribution < -0.4 is 4.89 Å². The smallest absolute Gasteiger partial charge is 0.306 e. The summed E-state index contributed by atoms with van der Waals surface area (Å²) < 4.78 is 34.1. The van der Waals surface area contributed by atoms with Crippen LogP contribution in [0.1, 0.15) is 271 Å². The van der Waals surface area contributed by atoms with Gasteiger partial charge in [0.15, 0.2) is 6.10 Å². The quantitative estimate of drug-likeness (QED) is 0.0257. The van der Waals surface area contributed by atoms with Crippen molar-refractivity contribution < 1.29 is 42.1 Å². The van der Waals surface area contributed by atoms with E-state index in [-0.39, 0.29) is 32.0 Å². The third-order valence-corrected chi connectivity index (χ3v) is 13.1. The predicted molar refractivity (Wildman–Crippen MR) is 259 cm³/mol. The molecule has 0 saturated carbocycles. The highest BCUT2D eigenvalue weighted by molar-refractivity contribution is 7.45. The molecule has 9 nitrogen and oxygen atoms in total. The Bertz CT molecular complexity index is 1020. The number of carbonyl (C=O) groups is 2. The highest BCUT2D eigenvalue weighted by atomic mass is 31.2.